The Labute approximate surface area is 121 Å². The molecule has 1 aliphatic rings. The number of rotatable bonds is 3. The molecule has 1 amide bonds. The third-order valence-electron chi connectivity index (χ3n) is 3.49. The quantitative estimate of drug-likeness (QED) is 0.808. The van der Waals surface area contributed by atoms with E-state index in [0.29, 0.717) is 23.0 Å². The second kappa shape index (κ2) is 4.80. The van der Waals surface area contributed by atoms with E-state index < -0.39 is 11.7 Å². The lowest BCUT2D eigenvalue weighted by molar-refractivity contribution is -0.114. The van der Waals surface area contributed by atoms with Crippen LogP contribution in [0.3, 0.4) is 0 Å². The highest BCUT2D eigenvalue weighted by Gasteiger charge is 2.37. The Kier molecular flexibility index (Phi) is 3.08. The third-order valence-corrected chi connectivity index (χ3v) is 3.49. The molecule has 108 valence electrons. The van der Waals surface area contributed by atoms with Crippen molar-refractivity contribution in [3.8, 4) is 0 Å². The molecule has 3 rings (SSSR count). The van der Waals surface area contributed by atoms with E-state index in [1.165, 1.54) is 4.90 Å². The number of carbonyl (C=O) groups excluding carboxylic acids is 2. The van der Waals surface area contributed by atoms with Crippen LogP contribution in [0.15, 0.2) is 22.7 Å². The second-order valence-electron chi connectivity index (χ2n) is 5.39. The number of Topliss-reactive ketones (excluding diaryl/α,β-unsaturated/α-hetero) is 1. The number of ketones is 1. The van der Waals surface area contributed by atoms with Gasteiger partial charge in [0.05, 0.1) is 11.3 Å². The van der Waals surface area contributed by atoms with E-state index in [2.05, 4.69) is 10.1 Å². The Morgan fingerprint density at radius 1 is 1.29 bits per heavy atom. The fourth-order valence-corrected chi connectivity index (χ4v) is 2.39. The first-order valence-electron chi connectivity index (χ1n) is 6.77. The lowest BCUT2D eigenvalue weighted by Crippen LogP contribution is -2.29. The Morgan fingerprint density at radius 2 is 2.05 bits per heavy atom. The summed E-state index contributed by atoms with van der Waals surface area (Å²) in [5, 5.41) is 3.87. The van der Waals surface area contributed by atoms with E-state index in [9.17, 15) is 9.59 Å². The molecule has 1 aliphatic heterocycles. The van der Waals surface area contributed by atoms with Crippen LogP contribution in [0.5, 0.6) is 0 Å². The van der Waals surface area contributed by atoms with Gasteiger partial charge in [-0.15, -0.1) is 0 Å². The summed E-state index contributed by atoms with van der Waals surface area (Å²) >= 11 is 0. The maximum Gasteiger partial charge on any atom is 0.299 e. The SMILES string of the molecule is Cc1cccc2c1N(Cc1nc(C(C)C)no1)C(=O)C2=O. The number of hydrogen-bond acceptors (Lipinski definition) is 5. The van der Waals surface area contributed by atoms with Crippen LogP contribution >= 0.6 is 0 Å². The average molecular weight is 285 g/mol. The van der Waals surface area contributed by atoms with Crippen molar-refractivity contribution in [1.29, 1.82) is 0 Å². The number of aromatic nitrogens is 2. The number of aryl methyl sites for hydroxylation is 1. The summed E-state index contributed by atoms with van der Waals surface area (Å²) in [7, 11) is 0. The molecule has 6 heteroatoms. The first-order valence-corrected chi connectivity index (χ1v) is 6.77. The summed E-state index contributed by atoms with van der Waals surface area (Å²) < 4.78 is 5.16. The zero-order chi connectivity index (χ0) is 15.1. The van der Waals surface area contributed by atoms with Crippen molar-refractivity contribution in [2.45, 2.75) is 33.2 Å². The largest absolute Gasteiger partial charge is 0.337 e. The van der Waals surface area contributed by atoms with Gasteiger partial charge in [0, 0.05) is 5.92 Å². The number of para-hydroxylation sites is 1. The van der Waals surface area contributed by atoms with E-state index in [4.69, 9.17) is 4.52 Å². The second-order valence-corrected chi connectivity index (χ2v) is 5.39. The van der Waals surface area contributed by atoms with E-state index in [-0.39, 0.29) is 12.5 Å². The summed E-state index contributed by atoms with van der Waals surface area (Å²) in [6.07, 6.45) is 0. The number of hydrogen-bond donors (Lipinski definition) is 0. The molecule has 2 heterocycles. The van der Waals surface area contributed by atoms with Crippen molar-refractivity contribution in [2.24, 2.45) is 0 Å². The van der Waals surface area contributed by atoms with Crippen molar-refractivity contribution in [2.75, 3.05) is 4.90 Å². The molecule has 0 bridgehead atoms. The number of fused-ring (bicyclic) bond motifs is 1. The molecule has 0 saturated heterocycles. The van der Waals surface area contributed by atoms with Crippen LogP contribution in [-0.2, 0) is 11.3 Å². The number of amides is 1. The van der Waals surface area contributed by atoms with E-state index in [1.807, 2.05) is 26.8 Å². The van der Waals surface area contributed by atoms with Gasteiger partial charge in [-0.2, -0.15) is 4.98 Å². The highest BCUT2D eigenvalue weighted by atomic mass is 16.5. The maximum absolute atomic E-state index is 12.1. The first-order chi connectivity index (χ1) is 9.99. The van der Waals surface area contributed by atoms with Crippen molar-refractivity contribution >= 4 is 17.4 Å². The summed E-state index contributed by atoms with van der Waals surface area (Å²) in [5.74, 6) is 0.0252. The number of carbonyl (C=O) groups is 2. The fourth-order valence-electron chi connectivity index (χ4n) is 2.39. The summed E-state index contributed by atoms with van der Waals surface area (Å²) in [5.41, 5.74) is 1.94. The van der Waals surface area contributed by atoms with Gasteiger partial charge in [-0.05, 0) is 18.6 Å². The standard InChI is InChI=1S/C15H15N3O3/c1-8(2)14-16-11(21-17-14)7-18-12-9(3)5-4-6-10(12)13(19)15(18)20/h4-6,8H,7H2,1-3H3. The Hall–Kier alpha value is -2.50. The van der Waals surface area contributed by atoms with Crippen LogP contribution in [0, 0.1) is 6.92 Å². The lowest BCUT2D eigenvalue weighted by atomic mass is 10.1. The monoisotopic (exact) mass is 285 g/mol. The smallest absolute Gasteiger partial charge is 0.299 e. The number of nitrogens with zero attached hydrogens (tertiary/aromatic N) is 3. The summed E-state index contributed by atoms with van der Waals surface area (Å²) in [6.45, 7) is 5.89. The zero-order valence-corrected chi connectivity index (χ0v) is 12.1. The molecule has 0 aliphatic carbocycles. The maximum atomic E-state index is 12.1. The van der Waals surface area contributed by atoms with E-state index in [0.717, 1.165) is 5.56 Å². The van der Waals surface area contributed by atoms with Crippen LogP contribution in [0.4, 0.5) is 5.69 Å². The van der Waals surface area contributed by atoms with Gasteiger partial charge in [0.15, 0.2) is 5.82 Å². The van der Waals surface area contributed by atoms with Gasteiger partial charge < -0.3 is 4.52 Å². The number of anilines is 1. The van der Waals surface area contributed by atoms with Gasteiger partial charge in [-0.3, -0.25) is 14.5 Å². The predicted molar refractivity (Wildman–Crippen MR) is 75.1 cm³/mol. The molecule has 0 radical (unpaired) electrons. The Morgan fingerprint density at radius 3 is 2.71 bits per heavy atom. The van der Waals surface area contributed by atoms with Crippen LogP contribution in [0.1, 0.15) is 47.4 Å². The van der Waals surface area contributed by atoms with Crippen LogP contribution in [-0.4, -0.2) is 21.8 Å². The minimum atomic E-state index is -0.552. The average Bonchev–Trinajstić information content (AvgIpc) is 3.00. The Bertz CT molecular complexity index is 734. The van der Waals surface area contributed by atoms with Gasteiger partial charge in [-0.1, -0.05) is 31.1 Å². The van der Waals surface area contributed by atoms with Crippen LogP contribution in [0.25, 0.3) is 0 Å². The van der Waals surface area contributed by atoms with Gasteiger partial charge in [-0.25, -0.2) is 0 Å². The zero-order valence-electron chi connectivity index (χ0n) is 12.1. The minimum absolute atomic E-state index is 0.113. The van der Waals surface area contributed by atoms with Crippen molar-refractivity contribution in [3.63, 3.8) is 0 Å². The number of benzene rings is 1. The predicted octanol–water partition coefficient (Wildman–Crippen LogP) is 2.23. The molecule has 1 aromatic carbocycles. The molecular formula is C15H15N3O3. The van der Waals surface area contributed by atoms with E-state index >= 15 is 0 Å². The molecule has 6 nitrogen and oxygen atoms in total. The highest BCUT2D eigenvalue weighted by molar-refractivity contribution is 6.52. The summed E-state index contributed by atoms with van der Waals surface area (Å²) in [6, 6.07) is 5.30. The lowest BCUT2D eigenvalue weighted by Gasteiger charge is -2.15. The third kappa shape index (κ3) is 2.12. The normalized spacial score (nSPS) is 14.2. The molecule has 0 saturated carbocycles. The molecule has 0 fully saturated rings. The van der Waals surface area contributed by atoms with Crippen molar-refractivity contribution in [1.82, 2.24) is 10.1 Å². The summed E-state index contributed by atoms with van der Waals surface area (Å²) in [4.78, 5) is 29.8. The van der Waals surface area contributed by atoms with Gasteiger partial charge in [0.25, 0.3) is 11.7 Å². The van der Waals surface area contributed by atoms with Gasteiger partial charge in [0.2, 0.25) is 5.89 Å². The first kappa shape index (κ1) is 13.5. The molecule has 0 spiro atoms. The van der Waals surface area contributed by atoms with Crippen LogP contribution < -0.4 is 4.90 Å². The fraction of sp³-hybridized carbons (Fsp3) is 0.333. The van der Waals surface area contributed by atoms with Crippen molar-refractivity contribution in [3.05, 3.63) is 41.0 Å². The topological polar surface area (TPSA) is 76.3 Å². The molecule has 1 aromatic heterocycles. The highest BCUT2D eigenvalue weighted by Crippen LogP contribution is 2.33. The van der Waals surface area contributed by atoms with Crippen molar-refractivity contribution < 1.29 is 14.1 Å². The van der Waals surface area contributed by atoms with E-state index in [1.54, 1.807) is 12.1 Å². The molecular weight excluding hydrogens is 270 g/mol. The molecule has 0 unspecified atom stereocenters. The molecule has 2 aromatic rings. The minimum Gasteiger partial charge on any atom is -0.337 e. The molecule has 0 N–H and O–H groups in total. The Balaban J connectivity index is 1.96. The molecule has 21 heavy (non-hydrogen) atoms. The van der Waals surface area contributed by atoms with Gasteiger partial charge in [0.1, 0.15) is 6.54 Å². The van der Waals surface area contributed by atoms with Gasteiger partial charge >= 0.3 is 0 Å². The van der Waals surface area contributed by atoms with Crippen LogP contribution in [0.2, 0.25) is 0 Å². The molecule has 0 atom stereocenters.